The summed E-state index contributed by atoms with van der Waals surface area (Å²) in [6, 6.07) is 12.6. The van der Waals surface area contributed by atoms with Gasteiger partial charge in [0.25, 0.3) is 0 Å². The van der Waals surface area contributed by atoms with Gasteiger partial charge in [0.15, 0.2) is 5.11 Å². The Bertz CT molecular complexity index is 662. The highest BCUT2D eigenvalue weighted by Crippen LogP contribution is 2.24. The molecule has 0 saturated heterocycles. The lowest BCUT2D eigenvalue weighted by molar-refractivity contribution is 0.468. The lowest BCUT2D eigenvalue weighted by Crippen LogP contribution is -2.34. The number of thiophene rings is 1. The summed E-state index contributed by atoms with van der Waals surface area (Å²) in [6.45, 7) is 9.71. The van der Waals surface area contributed by atoms with E-state index in [2.05, 4.69) is 83.0 Å². The molecule has 0 bridgehead atoms. The molecule has 0 aliphatic heterocycles. The van der Waals surface area contributed by atoms with E-state index in [0.29, 0.717) is 17.6 Å². The topological polar surface area (TPSA) is 15.3 Å². The summed E-state index contributed by atoms with van der Waals surface area (Å²) in [6.07, 6.45) is 1.87. The minimum atomic E-state index is 0.533. The highest BCUT2D eigenvalue weighted by Gasteiger charge is 2.11. The fourth-order valence-electron chi connectivity index (χ4n) is 2.15. The molecule has 0 aliphatic carbocycles. The lowest BCUT2D eigenvalue weighted by atomic mass is 10.0. The molecule has 2 aromatic rings. The Kier molecular flexibility index (Phi) is 6.81. The van der Waals surface area contributed by atoms with Crippen molar-refractivity contribution in [3.8, 4) is 0 Å². The molecule has 0 amide bonds. The number of hydrogen-bond donors (Lipinski definition) is 1. The second kappa shape index (κ2) is 8.62. The molecule has 1 N–H and O–H groups in total. The zero-order valence-corrected chi connectivity index (χ0v) is 16.6. The number of thiocarbonyl (C=S) groups is 1. The number of nitrogens with one attached hydrogen (secondary N) is 1. The smallest absolute Gasteiger partial charge is 0.174 e. The molecular formula is C18H21BrN2S2. The van der Waals surface area contributed by atoms with Gasteiger partial charge >= 0.3 is 0 Å². The van der Waals surface area contributed by atoms with Crippen molar-refractivity contribution in [2.75, 3.05) is 11.9 Å². The van der Waals surface area contributed by atoms with Gasteiger partial charge < -0.3 is 10.2 Å². The van der Waals surface area contributed by atoms with E-state index < -0.39 is 0 Å². The van der Waals surface area contributed by atoms with Crippen LogP contribution < -0.4 is 5.32 Å². The second-order valence-corrected chi connectivity index (χ2v) is 8.52. The molecule has 0 spiro atoms. The Morgan fingerprint density at radius 1 is 1.30 bits per heavy atom. The minimum absolute atomic E-state index is 0.533. The first kappa shape index (κ1) is 18.2. The van der Waals surface area contributed by atoms with Gasteiger partial charge in [0.2, 0.25) is 0 Å². The van der Waals surface area contributed by atoms with E-state index in [1.165, 1.54) is 10.4 Å². The van der Waals surface area contributed by atoms with Gasteiger partial charge in [-0.2, -0.15) is 0 Å². The number of hydrogen-bond acceptors (Lipinski definition) is 2. The van der Waals surface area contributed by atoms with Gasteiger partial charge in [-0.1, -0.05) is 32.1 Å². The average molecular weight is 409 g/mol. The van der Waals surface area contributed by atoms with Crippen molar-refractivity contribution >= 4 is 50.3 Å². The summed E-state index contributed by atoms with van der Waals surface area (Å²) >= 11 is 10.8. The van der Waals surface area contributed by atoms with E-state index >= 15 is 0 Å². The molecule has 0 aliphatic rings. The summed E-state index contributed by atoms with van der Waals surface area (Å²) in [7, 11) is 0. The van der Waals surface area contributed by atoms with Crippen molar-refractivity contribution in [1.29, 1.82) is 0 Å². The molecule has 23 heavy (non-hydrogen) atoms. The summed E-state index contributed by atoms with van der Waals surface area (Å²) in [5.41, 5.74) is 2.34. The molecule has 122 valence electrons. The van der Waals surface area contributed by atoms with E-state index in [4.69, 9.17) is 12.2 Å². The Balaban J connectivity index is 2.03. The molecule has 0 radical (unpaired) electrons. The molecule has 1 aromatic carbocycles. The second-order valence-electron chi connectivity index (χ2n) is 5.58. The van der Waals surface area contributed by atoms with Crippen molar-refractivity contribution in [2.45, 2.75) is 26.3 Å². The van der Waals surface area contributed by atoms with Crippen LogP contribution in [0, 0.1) is 0 Å². The van der Waals surface area contributed by atoms with Gasteiger partial charge in [-0.3, -0.25) is 0 Å². The Morgan fingerprint density at radius 3 is 2.52 bits per heavy atom. The Hall–Kier alpha value is -1.17. The first-order chi connectivity index (χ1) is 11.0. The van der Waals surface area contributed by atoms with Crippen molar-refractivity contribution in [1.82, 2.24) is 4.90 Å². The van der Waals surface area contributed by atoms with Gasteiger partial charge in [0, 0.05) is 17.1 Å². The SMILES string of the molecule is C=CCN(Cc1ccc(Br)s1)C(=S)Nc1ccc(C(C)C)cc1. The van der Waals surface area contributed by atoms with E-state index in [1.54, 1.807) is 11.3 Å². The van der Waals surface area contributed by atoms with E-state index in [-0.39, 0.29) is 0 Å². The van der Waals surface area contributed by atoms with Crippen LogP contribution in [0.15, 0.2) is 52.8 Å². The fourth-order valence-corrected chi connectivity index (χ4v) is 3.91. The lowest BCUT2D eigenvalue weighted by Gasteiger charge is -2.24. The molecule has 0 atom stereocenters. The van der Waals surface area contributed by atoms with E-state index in [9.17, 15) is 0 Å². The third-order valence-corrected chi connectivity index (χ3v) is 5.41. The Morgan fingerprint density at radius 2 is 2.00 bits per heavy atom. The molecular weight excluding hydrogens is 388 g/mol. The van der Waals surface area contributed by atoms with Gasteiger partial charge in [-0.25, -0.2) is 0 Å². The van der Waals surface area contributed by atoms with Gasteiger partial charge in [0.1, 0.15) is 0 Å². The van der Waals surface area contributed by atoms with Gasteiger partial charge in [-0.15, -0.1) is 17.9 Å². The average Bonchev–Trinajstić information content (AvgIpc) is 2.92. The molecule has 1 aromatic heterocycles. The zero-order chi connectivity index (χ0) is 16.8. The van der Waals surface area contributed by atoms with Crippen LogP contribution in [-0.4, -0.2) is 16.6 Å². The number of rotatable bonds is 6. The predicted molar refractivity (Wildman–Crippen MR) is 109 cm³/mol. The minimum Gasteiger partial charge on any atom is -0.340 e. The number of benzene rings is 1. The van der Waals surface area contributed by atoms with Crippen molar-refractivity contribution < 1.29 is 0 Å². The van der Waals surface area contributed by atoms with Crippen molar-refractivity contribution in [3.05, 3.63) is 63.3 Å². The zero-order valence-electron chi connectivity index (χ0n) is 13.4. The molecule has 1 heterocycles. The number of anilines is 1. The van der Waals surface area contributed by atoms with Crippen LogP contribution in [0.5, 0.6) is 0 Å². The quantitative estimate of drug-likeness (QED) is 0.464. The highest BCUT2D eigenvalue weighted by atomic mass is 79.9. The molecule has 0 unspecified atom stereocenters. The summed E-state index contributed by atoms with van der Waals surface area (Å²) in [5.74, 6) is 0.533. The summed E-state index contributed by atoms with van der Waals surface area (Å²) < 4.78 is 1.13. The first-order valence-electron chi connectivity index (χ1n) is 7.50. The van der Waals surface area contributed by atoms with Gasteiger partial charge in [0.05, 0.1) is 10.3 Å². The van der Waals surface area contributed by atoms with Crippen LogP contribution in [0.1, 0.15) is 30.2 Å². The third-order valence-electron chi connectivity index (χ3n) is 3.44. The standard InChI is InChI=1S/C18H21BrN2S2/c1-4-11-21(12-16-9-10-17(19)23-16)18(22)20-15-7-5-14(6-8-15)13(2)3/h4-10,13H,1,11-12H2,2-3H3,(H,20,22). The molecule has 0 saturated carbocycles. The van der Waals surface area contributed by atoms with Crippen LogP contribution in [-0.2, 0) is 6.54 Å². The number of nitrogens with zero attached hydrogens (tertiary/aromatic N) is 1. The van der Waals surface area contributed by atoms with Crippen LogP contribution >= 0.6 is 39.5 Å². The predicted octanol–water partition coefficient (Wildman–Crippen LogP) is 6.02. The fraction of sp³-hybridized carbons (Fsp3) is 0.278. The van der Waals surface area contributed by atoms with Crippen LogP contribution in [0.2, 0.25) is 0 Å². The largest absolute Gasteiger partial charge is 0.340 e. The molecule has 5 heteroatoms. The summed E-state index contributed by atoms with van der Waals surface area (Å²) in [4.78, 5) is 3.37. The van der Waals surface area contributed by atoms with Crippen molar-refractivity contribution in [2.24, 2.45) is 0 Å². The normalized spacial score (nSPS) is 10.6. The van der Waals surface area contributed by atoms with Crippen LogP contribution in [0.4, 0.5) is 5.69 Å². The first-order valence-corrected chi connectivity index (χ1v) is 9.52. The Labute approximate surface area is 156 Å². The summed E-state index contributed by atoms with van der Waals surface area (Å²) in [5, 5.41) is 4.04. The van der Waals surface area contributed by atoms with Crippen LogP contribution in [0.3, 0.4) is 0 Å². The van der Waals surface area contributed by atoms with E-state index in [1.807, 2.05) is 6.08 Å². The molecule has 2 nitrogen and oxygen atoms in total. The maximum atomic E-state index is 5.57. The van der Waals surface area contributed by atoms with Crippen LogP contribution in [0.25, 0.3) is 0 Å². The number of halogens is 1. The van der Waals surface area contributed by atoms with E-state index in [0.717, 1.165) is 16.0 Å². The molecule has 2 rings (SSSR count). The third kappa shape index (κ3) is 5.44. The maximum absolute atomic E-state index is 5.57. The van der Waals surface area contributed by atoms with Crippen molar-refractivity contribution in [3.63, 3.8) is 0 Å². The monoisotopic (exact) mass is 408 g/mol. The maximum Gasteiger partial charge on any atom is 0.174 e. The van der Waals surface area contributed by atoms with Gasteiger partial charge in [-0.05, 0) is 63.9 Å². The molecule has 0 fully saturated rings. The highest BCUT2D eigenvalue weighted by molar-refractivity contribution is 9.11.